The highest BCUT2D eigenvalue weighted by Gasteiger charge is 2.22. The summed E-state index contributed by atoms with van der Waals surface area (Å²) in [4.78, 5) is 7.63. The van der Waals surface area contributed by atoms with Gasteiger partial charge >= 0.3 is 0 Å². The zero-order valence-electron chi connectivity index (χ0n) is 12.2. The Morgan fingerprint density at radius 1 is 1.09 bits per heavy atom. The van der Waals surface area contributed by atoms with Crippen LogP contribution in [0.4, 0.5) is 0 Å². The van der Waals surface area contributed by atoms with Crippen molar-refractivity contribution in [2.24, 2.45) is 0 Å². The van der Waals surface area contributed by atoms with Crippen molar-refractivity contribution in [2.75, 3.05) is 13.1 Å². The molecule has 6 heteroatoms. The van der Waals surface area contributed by atoms with Crippen LogP contribution in [0.25, 0.3) is 21.1 Å². The number of likely N-dealkylation sites (tertiary alicyclic amines) is 1. The molecule has 4 rings (SSSR count). The third-order valence-electron chi connectivity index (χ3n) is 4.20. The van der Waals surface area contributed by atoms with E-state index in [4.69, 9.17) is 12.2 Å². The Bertz CT molecular complexity index is 790. The average molecular weight is 349 g/mol. The molecule has 3 aromatic heterocycles. The van der Waals surface area contributed by atoms with Crippen molar-refractivity contribution < 1.29 is 4.90 Å². The number of rotatable bonds is 4. The molecule has 1 fully saturated rings. The SMILES string of the molecule is S=c1[nH]c(-c2cccs2)c(-c2cccs2)n1C[NH+]1CCCC1. The van der Waals surface area contributed by atoms with Crippen molar-refractivity contribution in [2.45, 2.75) is 19.5 Å². The summed E-state index contributed by atoms with van der Waals surface area (Å²) in [6, 6.07) is 8.56. The van der Waals surface area contributed by atoms with Crippen molar-refractivity contribution in [1.29, 1.82) is 0 Å². The molecule has 114 valence electrons. The van der Waals surface area contributed by atoms with Crippen LogP contribution in [-0.2, 0) is 6.67 Å². The fourth-order valence-electron chi connectivity index (χ4n) is 3.15. The highest BCUT2D eigenvalue weighted by molar-refractivity contribution is 7.71. The number of nitrogens with zero attached hydrogens (tertiary/aromatic N) is 1. The van der Waals surface area contributed by atoms with Crippen LogP contribution in [-0.4, -0.2) is 22.6 Å². The summed E-state index contributed by atoms with van der Waals surface area (Å²) >= 11 is 9.19. The number of aromatic amines is 1. The van der Waals surface area contributed by atoms with Gasteiger partial charge in [-0.05, 0) is 35.1 Å². The van der Waals surface area contributed by atoms with Crippen LogP contribution in [0.2, 0.25) is 0 Å². The predicted molar refractivity (Wildman–Crippen MR) is 96.2 cm³/mol. The van der Waals surface area contributed by atoms with Gasteiger partial charge in [-0.1, -0.05) is 12.1 Å². The fraction of sp³-hybridized carbons (Fsp3) is 0.312. The van der Waals surface area contributed by atoms with Gasteiger partial charge in [-0.3, -0.25) is 4.57 Å². The molecule has 0 unspecified atom stereocenters. The van der Waals surface area contributed by atoms with Crippen LogP contribution in [0.3, 0.4) is 0 Å². The van der Waals surface area contributed by atoms with Crippen LogP contribution < -0.4 is 4.90 Å². The maximum Gasteiger partial charge on any atom is 0.182 e. The Labute approximate surface area is 142 Å². The minimum absolute atomic E-state index is 0.839. The van der Waals surface area contributed by atoms with Gasteiger partial charge in [-0.25, -0.2) is 0 Å². The first-order valence-electron chi connectivity index (χ1n) is 7.57. The van der Waals surface area contributed by atoms with Crippen LogP contribution in [0.1, 0.15) is 12.8 Å². The Balaban J connectivity index is 1.84. The van der Waals surface area contributed by atoms with Gasteiger partial charge in [0.2, 0.25) is 0 Å². The molecule has 1 saturated heterocycles. The molecule has 0 saturated carbocycles. The fourth-order valence-corrected chi connectivity index (χ4v) is 4.92. The molecule has 0 atom stereocenters. The van der Waals surface area contributed by atoms with Crippen LogP contribution in [0, 0.1) is 4.77 Å². The van der Waals surface area contributed by atoms with Crippen LogP contribution >= 0.6 is 34.9 Å². The lowest BCUT2D eigenvalue weighted by molar-refractivity contribution is -0.910. The van der Waals surface area contributed by atoms with Crippen molar-refractivity contribution in [3.05, 3.63) is 39.8 Å². The molecule has 0 aliphatic carbocycles. The molecule has 0 bridgehead atoms. The van der Waals surface area contributed by atoms with E-state index in [1.807, 2.05) is 0 Å². The molecule has 2 N–H and O–H groups in total. The van der Waals surface area contributed by atoms with Crippen LogP contribution in [0.5, 0.6) is 0 Å². The number of hydrogen-bond acceptors (Lipinski definition) is 3. The molecule has 4 heterocycles. The van der Waals surface area contributed by atoms with E-state index in [-0.39, 0.29) is 0 Å². The maximum atomic E-state index is 5.65. The summed E-state index contributed by atoms with van der Waals surface area (Å²) < 4.78 is 3.14. The average Bonchev–Trinajstić information content (AvgIpc) is 3.28. The molecule has 1 aliphatic heterocycles. The molecule has 22 heavy (non-hydrogen) atoms. The van der Waals surface area contributed by atoms with Gasteiger partial charge in [0, 0.05) is 12.8 Å². The van der Waals surface area contributed by atoms with Crippen molar-refractivity contribution in [3.8, 4) is 21.1 Å². The zero-order valence-corrected chi connectivity index (χ0v) is 14.6. The van der Waals surface area contributed by atoms with E-state index in [9.17, 15) is 0 Å². The lowest BCUT2D eigenvalue weighted by Crippen LogP contribution is -3.09. The van der Waals surface area contributed by atoms with Gasteiger partial charge in [0.1, 0.15) is 0 Å². The Morgan fingerprint density at radius 2 is 1.77 bits per heavy atom. The van der Waals surface area contributed by atoms with Gasteiger partial charge in [-0.15, -0.1) is 22.7 Å². The largest absolute Gasteiger partial charge is 0.329 e. The van der Waals surface area contributed by atoms with E-state index in [0.29, 0.717) is 0 Å². The van der Waals surface area contributed by atoms with E-state index >= 15 is 0 Å². The summed E-state index contributed by atoms with van der Waals surface area (Å²) in [6.45, 7) is 3.48. The zero-order chi connectivity index (χ0) is 14.9. The van der Waals surface area contributed by atoms with Crippen molar-refractivity contribution in [1.82, 2.24) is 9.55 Å². The third-order valence-corrected chi connectivity index (χ3v) is 6.28. The smallest absolute Gasteiger partial charge is 0.182 e. The van der Waals surface area contributed by atoms with E-state index < -0.39 is 0 Å². The lowest BCUT2D eigenvalue weighted by atomic mass is 10.2. The molecule has 0 aromatic carbocycles. The number of H-pyrrole nitrogens is 1. The molecule has 3 aromatic rings. The Morgan fingerprint density at radius 3 is 2.41 bits per heavy atom. The van der Waals surface area contributed by atoms with E-state index in [0.717, 1.165) is 11.4 Å². The minimum atomic E-state index is 0.839. The highest BCUT2D eigenvalue weighted by Crippen LogP contribution is 2.36. The maximum absolute atomic E-state index is 5.65. The Kier molecular flexibility index (Phi) is 4.00. The second-order valence-corrected chi connectivity index (χ2v) is 7.93. The quantitative estimate of drug-likeness (QED) is 0.692. The molecular formula is C16H18N3S3+. The molecule has 0 amide bonds. The van der Waals surface area contributed by atoms with Crippen LogP contribution in [0.15, 0.2) is 35.0 Å². The summed E-state index contributed by atoms with van der Waals surface area (Å²) in [6.07, 6.45) is 2.67. The van der Waals surface area contributed by atoms with Gasteiger partial charge in [-0.2, -0.15) is 0 Å². The first-order valence-corrected chi connectivity index (χ1v) is 9.74. The number of hydrogen-bond donors (Lipinski definition) is 2. The van der Waals surface area contributed by atoms with Gasteiger partial charge in [0.15, 0.2) is 11.4 Å². The molecule has 1 aliphatic rings. The Hall–Kier alpha value is -1.21. The van der Waals surface area contributed by atoms with E-state index in [1.54, 1.807) is 27.6 Å². The number of quaternary nitrogens is 1. The molecule has 0 radical (unpaired) electrons. The first-order chi connectivity index (χ1) is 10.8. The topological polar surface area (TPSA) is 25.2 Å². The first kappa shape index (κ1) is 14.4. The lowest BCUT2D eigenvalue weighted by Gasteiger charge is -2.15. The number of nitrogens with one attached hydrogen (secondary N) is 2. The summed E-state index contributed by atoms with van der Waals surface area (Å²) in [5.41, 5.74) is 2.42. The van der Waals surface area contributed by atoms with Gasteiger partial charge in [0.25, 0.3) is 0 Å². The van der Waals surface area contributed by atoms with E-state index in [2.05, 4.69) is 44.6 Å². The number of imidazole rings is 1. The number of aromatic nitrogens is 2. The van der Waals surface area contributed by atoms with Gasteiger partial charge < -0.3 is 9.88 Å². The van der Waals surface area contributed by atoms with Gasteiger partial charge in [0.05, 0.1) is 34.2 Å². The summed E-state index contributed by atoms with van der Waals surface area (Å²) in [5, 5.41) is 4.25. The second-order valence-electron chi connectivity index (χ2n) is 5.65. The molecule has 0 spiro atoms. The third kappa shape index (κ3) is 2.60. The monoisotopic (exact) mass is 348 g/mol. The minimum Gasteiger partial charge on any atom is -0.329 e. The van der Waals surface area contributed by atoms with Crippen molar-refractivity contribution >= 4 is 34.9 Å². The normalized spacial score (nSPS) is 15.6. The standard InChI is InChI=1S/C16H17N3S3/c20-16-17-14(12-5-3-9-21-12)15(13-6-4-10-22-13)19(16)11-18-7-1-2-8-18/h3-6,9-10H,1-2,7-8,11H2,(H,17,20)/p+1. The number of thiophene rings is 2. The summed E-state index contributed by atoms with van der Waals surface area (Å²) in [5.74, 6) is 0. The predicted octanol–water partition coefficient (Wildman–Crippen LogP) is 3.64. The molecular weight excluding hydrogens is 330 g/mol. The second kappa shape index (κ2) is 6.12. The summed E-state index contributed by atoms with van der Waals surface area (Å²) in [7, 11) is 0. The highest BCUT2D eigenvalue weighted by atomic mass is 32.1. The van der Waals surface area contributed by atoms with Crippen molar-refractivity contribution in [3.63, 3.8) is 0 Å². The molecule has 3 nitrogen and oxygen atoms in total. The van der Waals surface area contributed by atoms with E-state index in [1.165, 1.54) is 47.1 Å².